The van der Waals surface area contributed by atoms with Gasteiger partial charge in [0.2, 0.25) is 10.0 Å². The van der Waals surface area contributed by atoms with E-state index in [2.05, 4.69) is 9.71 Å². The van der Waals surface area contributed by atoms with E-state index >= 15 is 0 Å². The monoisotopic (exact) mass is 341 g/mol. The number of nitrogens with zero attached hydrogens (tertiary/aromatic N) is 2. The Morgan fingerprint density at radius 2 is 1.95 bits per heavy atom. The molecule has 116 valence electrons. The molecule has 0 aliphatic carbocycles. The van der Waals surface area contributed by atoms with Crippen LogP contribution in [0.4, 0.5) is 5.69 Å². The Balaban J connectivity index is 2.35. The van der Waals surface area contributed by atoms with Crippen molar-refractivity contribution in [3.8, 4) is 0 Å². The molecule has 0 aliphatic heterocycles. The molecule has 2 aromatic rings. The maximum absolute atomic E-state index is 12.3. The van der Waals surface area contributed by atoms with Crippen LogP contribution in [0.5, 0.6) is 0 Å². The lowest BCUT2D eigenvalue weighted by molar-refractivity contribution is -0.385. The van der Waals surface area contributed by atoms with Gasteiger partial charge in [0.15, 0.2) is 0 Å². The summed E-state index contributed by atoms with van der Waals surface area (Å²) in [5.41, 5.74) is 0.697. The lowest BCUT2D eigenvalue weighted by Crippen LogP contribution is -2.24. The van der Waals surface area contributed by atoms with E-state index in [9.17, 15) is 18.5 Å². The fourth-order valence-corrected chi connectivity index (χ4v) is 3.48. The lowest BCUT2D eigenvalue weighted by Gasteiger charge is -2.09. The Morgan fingerprint density at radius 3 is 2.55 bits per heavy atom. The highest BCUT2D eigenvalue weighted by atomic mass is 35.5. The van der Waals surface area contributed by atoms with E-state index in [4.69, 9.17) is 11.6 Å². The predicted octanol–water partition coefficient (Wildman–Crippen LogP) is 2.43. The summed E-state index contributed by atoms with van der Waals surface area (Å²) < 4.78 is 27.0. The van der Waals surface area contributed by atoms with Crippen molar-refractivity contribution in [3.05, 3.63) is 62.9 Å². The van der Waals surface area contributed by atoms with Gasteiger partial charge in [-0.2, -0.15) is 0 Å². The third kappa shape index (κ3) is 3.59. The minimum absolute atomic E-state index is 0.0307. The van der Waals surface area contributed by atoms with Gasteiger partial charge in [0.05, 0.1) is 4.92 Å². The molecule has 0 amide bonds. The Bertz CT molecular complexity index is 810. The molecule has 1 N–H and O–H groups in total. The third-order valence-electron chi connectivity index (χ3n) is 2.87. The average Bonchev–Trinajstić information content (AvgIpc) is 2.48. The number of hydrogen-bond acceptors (Lipinski definition) is 5. The fraction of sp³-hybridized carbons (Fsp3) is 0.154. The van der Waals surface area contributed by atoms with Crippen molar-refractivity contribution in [3.63, 3.8) is 0 Å². The van der Waals surface area contributed by atoms with E-state index < -0.39 is 25.7 Å². The van der Waals surface area contributed by atoms with E-state index in [-0.39, 0.29) is 11.4 Å². The average molecular weight is 342 g/mol. The van der Waals surface area contributed by atoms with E-state index in [1.165, 1.54) is 24.5 Å². The number of halogens is 1. The van der Waals surface area contributed by atoms with Crippen LogP contribution in [-0.4, -0.2) is 18.3 Å². The predicted molar refractivity (Wildman–Crippen MR) is 81.1 cm³/mol. The van der Waals surface area contributed by atoms with Crippen LogP contribution >= 0.6 is 11.6 Å². The molecule has 0 radical (unpaired) electrons. The number of nitrogens with one attached hydrogen (secondary N) is 1. The number of nitro groups is 1. The second-order valence-electron chi connectivity index (χ2n) is 4.53. The SMILES string of the molecule is Cc1cc([N+](=O)[O-])c(Cl)c(S(=O)(=O)NCc2ccncc2)c1. The standard InChI is InChI=1S/C13H12ClN3O4S/c1-9-6-11(17(18)19)13(14)12(7-9)22(20,21)16-8-10-2-4-15-5-3-10/h2-7,16H,8H2,1H3. The number of aryl methyl sites for hydroxylation is 1. The molecule has 0 spiro atoms. The zero-order valence-corrected chi connectivity index (χ0v) is 13.1. The highest BCUT2D eigenvalue weighted by Gasteiger charge is 2.25. The van der Waals surface area contributed by atoms with Gasteiger partial charge in [-0.1, -0.05) is 11.6 Å². The van der Waals surface area contributed by atoms with Gasteiger partial charge in [0.1, 0.15) is 9.92 Å². The molecule has 7 nitrogen and oxygen atoms in total. The normalized spacial score (nSPS) is 11.4. The van der Waals surface area contributed by atoms with Crippen LogP contribution in [0.3, 0.4) is 0 Å². The Labute approximate surface area is 132 Å². The number of benzene rings is 1. The molecule has 22 heavy (non-hydrogen) atoms. The van der Waals surface area contributed by atoms with Gasteiger partial charge >= 0.3 is 0 Å². The van der Waals surface area contributed by atoms with Crippen molar-refractivity contribution in [2.24, 2.45) is 0 Å². The molecule has 0 aliphatic rings. The van der Waals surface area contributed by atoms with Crippen LogP contribution in [0.25, 0.3) is 0 Å². The minimum Gasteiger partial charge on any atom is -0.265 e. The zero-order valence-electron chi connectivity index (χ0n) is 11.5. The molecule has 1 aromatic carbocycles. The number of rotatable bonds is 5. The summed E-state index contributed by atoms with van der Waals surface area (Å²) in [5.74, 6) is 0. The first kappa shape index (κ1) is 16.3. The van der Waals surface area contributed by atoms with E-state index in [0.29, 0.717) is 11.1 Å². The molecule has 0 bridgehead atoms. The second-order valence-corrected chi connectivity index (χ2v) is 6.65. The van der Waals surface area contributed by atoms with Gasteiger partial charge in [0.25, 0.3) is 5.69 Å². The van der Waals surface area contributed by atoms with Gasteiger partial charge in [-0.15, -0.1) is 0 Å². The first-order valence-corrected chi connectivity index (χ1v) is 8.00. The molecule has 0 saturated heterocycles. The highest BCUT2D eigenvalue weighted by molar-refractivity contribution is 7.89. The molecular formula is C13H12ClN3O4S. The van der Waals surface area contributed by atoms with E-state index in [0.717, 1.165) is 0 Å². The van der Waals surface area contributed by atoms with Gasteiger partial charge in [-0.05, 0) is 36.2 Å². The van der Waals surface area contributed by atoms with Crippen molar-refractivity contribution in [1.82, 2.24) is 9.71 Å². The highest BCUT2D eigenvalue weighted by Crippen LogP contribution is 2.32. The summed E-state index contributed by atoms with van der Waals surface area (Å²) in [6, 6.07) is 5.83. The summed E-state index contributed by atoms with van der Waals surface area (Å²) >= 11 is 5.87. The van der Waals surface area contributed by atoms with Crippen LogP contribution < -0.4 is 4.72 Å². The van der Waals surface area contributed by atoms with E-state index in [1.54, 1.807) is 19.1 Å². The third-order valence-corrected chi connectivity index (χ3v) is 4.80. The number of pyridine rings is 1. The molecule has 2 rings (SSSR count). The number of hydrogen-bond donors (Lipinski definition) is 1. The zero-order chi connectivity index (χ0) is 16.3. The first-order valence-electron chi connectivity index (χ1n) is 6.14. The first-order chi connectivity index (χ1) is 10.3. The molecular weight excluding hydrogens is 330 g/mol. The molecule has 1 aromatic heterocycles. The van der Waals surface area contributed by atoms with Gasteiger partial charge < -0.3 is 0 Å². The number of aromatic nitrogens is 1. The molecule has 0 atom stereocenters. The summed E-state index contributed by atoms with van der Waals surface area (Å²) in [5, 5.41) is 10.5. The summed E-state index contributed by atoms with van der Waals surface area (Å²) in [4.78, 5) is 13.7. The molecule has 0 fully saturated rings. The lowest BCUT2D eigenvalue weighted by atomic mass is 10.2. The molecule has 0 saturated carbocycles. The fourth-order valence-electron chi connectivity index (χ4n) is 1.80. The summed E-state index contributed by atoms with van der Waals surface area (Å²) in [6.07, 6.45) is 3.07. The number of sulfonamides is 1. The van der Waals surface area contributed by atoms with Gasteiger partial charge in [0, 0.05) is 25.0 Å². The Hall–Kier alpha value is -2.03. The van der Waals surface area contributed by atoms with Crippen molar-refractivity contribution >= 4 is 27.3 Å². The van der Waals surface area contributed by atoms with Crippen molar-refractivity contribution in [2.45, 2.75) is 18.4 Å². The topological polar surface area (TPSA) is 102 Å². The molecule has 0 unspecified atom stereocenters. The smallest absolute Gasteiger partial charge is 0.265 e. The van der Waals surface area contributed by atoms with Crippen LogP contribution in [-0.2, 0) is 16.6 Å². The van der Waals surface area contributed by atoms with Crippen molar-refractivity contribution < 1.29 is 13.3 Å². The summed E-state index contributed by atoms with van der Waals surface area (Å²) in [7, 11) is -3.97. The molecule has 9 heteroatoms. The van der Waals surface area contributed by atoms with Crippen molar-refractivity contribution in [1.29, 1.82) is 0 Å². The summed E-state index contributed by atoms with van der Waals surface area (Å²) in [6.45, 7) is 1.59. The quantitative estimate of drug-likeness (QED) is 0.664. The Kier molecular flexibility index (Phi) is 4.74. The molecule has 1 heterocycles. The van der Waals surface area contributed by atoms with E-state index in [1.807, 2.05) is 0 Å². The van der Waals surface area contributed by atoms with Gasteiger partial charge in [-0.3, -0.25) is 15.1 Å². The van der Waals surface area contributed by atoms with Crippen LogP contribution in [0.15, 0.2) is 41.6 Å². The maximum atomic E-state index is 12.3. The Morgan fingerprint density at radius 1 is 1.32 bits per heavy atom. The van der Waals surface area contributed by atoms with Crippen molar-refractivity contribution in [2.75, 3.05) is 0 Å². The largest absolute Gasteiger partial charge is 0.289 e. The second kappa shape index (κ2) is 6.39. The maximum Gasteiger partial charge on any atom is 0.289 e. The van der Waals surface area contributed by atoms with Crippen LogP contribution in [0.2, 0.25) is 5.02 Å². The minimum atomic E-state index is -3.97. The van der Waals surface area contributed by atoms with Crippen LogP contribution in [0, 0.1) is 17.0 Å². The number of nitro benzene ring substituents is 1. The van der Waals surface area contributed by atoms with Crippen LogP contribution in [0.1, 0.15) is 11.1 Å². The van der Waals surface area contributed by atoms with Gasteiger partial charge in [-0.25, -0.2) is 13.1 Å².